The maximum atomic E-state index is 14.0. The van der Waals surface area contributed by atoms with Crippen molar-refractivity contribution < 1.29 is 27.5 Å². The number of esters is 1. The van der Waals surface area contributed by atoms with E-state index in [9.17, 15) is 22.8 Å². The average molecular weight is 380 g/mol. The largest absolute Gasteiger partial charge is 0.463 e. The van der Waals surface area contributed by atoms with Crippen molar-refractivity contribution in [3.05, 3.63) is 65.7 Å². The summed E-state index contributed by atoms with van der Waals surface area (Å²) in [7, 11) is 0. The highest BCUT2D eigenvalue weighted by atomic mass is 19.4. The van der Waals surface area contributed by atoms with Gasteiger partial charge in [0.15, 0.2) is 0 Å². The number of alkyl halides is 3. The van der Waals surface area contributed by atoms with E-state index >= 15 is 0 Å². The van der Waals surface area contributed by atoms with E-state index in [0.717, 1.165) is 0 Å². The molecule has 8 heteroatoms. The number of carbonyl (C=O) groups is 2. The minimum absolute atomic E-state index is 0.00809. The van der Waals surface area contributed by atoms with Crippen LogP contribution in [0.3, 0.4) is 0 Å². The number of hydrogen-bond donors (Lipinski definition) is 2. The minimum Gasteiger partial charge on any atom is -0.463 e. The normalized spacial score (nSPS) is 13.4. The SMILES string of the molecule is CCOC(=O)[C@](NC(=O)c1ccccc1)(Nc1cccc(C)c1)C(F)(F)F. The summed E-state index contributed by atoms with van der Waals surface area (Å²) in [4.78, 5) is 24.8. The molecule has 0 aromatic heterocycles. The van der Waals surface area contributed by atoms with Gasteiger partial charge in [-0.05, 0) is 43.7 Å². The summed E-state index contributed by atoms with van der Waals surface area (Å²) in [6.07, 6.45) is -5.17. The molecule has 0 aliphatic carbocycles. The smallest absolute Gasteiger partial charge is 0.441 e. The van der Waals surface area contributed by atoms with Gasteiger partial charge in [0.25, 0.3) is 5.91 Å². The third kappa shape index (κ3) is 4.58. The highest BCUT2D eigenvalue weighted by molar-refractivity contribution is 5.99. The molecule has 0 bridgehead atoms. The number of ether oxygens (including phenoxy) is 1. The third-order valence-electron chi connectivity index (χ3n) is 3.69. The van der Waals surface area contributed by atoms with Crippen LogP contribution in [0.5, 0.6) is 0 Å². The number of carbonyl (C=O) groups excluding carboxylic acids is 2. The second kappa shape index (κ2) is 8.11. The zero-order chi connectivity index (χ0) is 20.1. The fourth-order valence-electron chi connectivity index (χ4n) is 2.40. The molecule has 2 aromatic rings. The summed E-state index contributed by atoms with van der Waals surface area (Å²) in [5, 5.41) is 3.92. The fraction of sp³-hybridized carbons (Fsp3) is 0.263. The molecule has 0 aliphatic rings. The number of nitrogens with one attached hydrogen (secondary N) is 2. The Bertz CT molecular complexity index is 809. The maximum Gasteiger partial charge on any atom is 0.441 e. The Hall–Kier alpha value is -3.03. The number of benzene rings is 2. The van der Waals surface area contributed by atoms with E-state index in [1.807, 2.05) is 0 Å². The molecule has 27 heavy (non-hydrogen) atoms. The van der Waals surface area contributed by atoms with Gasteiger partial charge in [-0.1, -0.05) is 30.3 Å². The Kier molecular flexibility index (Phi) is 6.09. The molecule has 0 saturated heterocycles. The minimum atomic E-state index is -5.17. The predicted molar refractivity (Wildman–Crippen MR) is 94.1 cm³/mol. The van der Waals surface area contributed by atoms with Crippen molar-refractivity contribution in [1.82, 2.24) is 5.32 Å². The van der Waals surface area contributed by atoms with E-state index in [1.54, 1.807) is 24.4 Å². The van der Waals surface area contributed by atoms with Crippen molar-refractivity contribution >= 4 is 17.6 Å². The second-order valence-electron chi connectivity index (χ2n) is 5.78. The van der Waals surface area contributed by atoms with Crippen molar-refractivity contribution in [1.29, 1.82) is 0 Å². The Labute approximate surface area is 154 Å². The number of aryl methyl sites for hydroxylation is 1. The molecule has 0 aliphatic heterocycles. The number of amides is 1. The van der Waals surface area contributed by atoms with Crippen LogP contribution in [0.4, 0.5) is 18.9 Å². The standard InChI is InChI=1S/C19H19F3N2O3/c1-3-27-17(26)18(19(20,21)22,23-15-11-7-8-13(2)12-15)24-16(25)14-9-5-4-6-10-14/h4-12,23H,3H2,1-2H3,(H,24,25)/t18-/m1/s1. The molecule has 2 rings (SSSR count). The lowest BCUT2D eigenvalue weighted by molar-refractivity contribution is -0.204. The maximum absolute atomic E-state index is 14.0. The van der Waals surface area contributed by atoms with Crippen LogP contribution in [0.15, 0.2) is 54.6 Å². The molecule has 0 radical (unpaired) electrons. The van der Waals surface area contributed by atoms with Crippen LogP contribution >= 0.6 is 0 Å². The summed E-state index contributed by atoms with van der Waals surface area (Å²) < 4.78 is 46.7. The quantitative estimate of drug-likeness (QED) is 0.593. The van der Waals surface area contributed by atoms with Crippen LogP contribution in [-0.4, -0.2) is 30.3 Å². The molecule has 2 N–H and O–H groups in total. The number of anilines is 1. The zero-order valence-electron chi connectivity index (χ0n) is 14.8. The van der Waals surface area contributed by atoms with Gasteiger partial charge in [0.2, 0.25) is 0 Å². The van der Waals surface area contributed by atoms with Crippen LogP contribution in [0.1, 0.15) is 22.8 Å². The first kappa shape index (κ1) is 20.3. The molecule has 1 atom stereocenters. The lowest BCUT2D eigenvalue weighted by Gasteiger charge is -2.35. The second-order valence-corrected chi connectivity index (χ2v) is 5.78. The molecule has 5 nitrogen and oxygen atoms in total. The first-order chi connectivity index (χ1) is 12.7. The fourth-order valence-corrected chi connectivity index (χ4v) is 2.40. The van der Waals surface area contributed by atoms with Crippen molar-refractivity contribution in [3.63, 3.8) is 0 Å². The van der Waals surface area contributed by atoms with E-state index in [2.05, 4.69) is 10.1 Å². The first-order valence-corrected chi connectivity index (χ1v) is 8.16. The van der Waals surface area contributed by atoms with Crippen LogP contribution in [-0.2, 0) is 9.53 Å². The molecule has 0 spiro atoms. The number of hydrogen-bond acceptors (Lipinski definition) is 4. The van der Waals surface area contributed by atoms with Crippen LogP contribution in [0.25, 0.3) is 0 Å². The zero-order valence-corrected chi connectivity index (χ0v) is 14.8. The summed E-state index contributed by atoms with van der Waals surface area (Å²) in [5.41, 5.74) is -2.78. The van der Waals surface area contributed by atoms with Crippen LogP contribution < -0.4 is 10.6 Å². The van der Waals surface area contributed by atoms with Crippen LogP contribution in [0, 0.1) is 6.92 Å². The van der Waals surface area contributed by atoms with E-state index in [0.29, 0.717) is 5.56 Å². The van der Waals surface area contributed by atoms with Gasteiger partial charge in [-0.25, -0.2) is 4.79 Å². The molecule has 0 fully saturated rings. The van der Waals surface area contributed by atoms with E-state index in [1.165, 1.54) is 49.4 Å². The first-order valence-electron chi connectivity index (χ1n) is 8.16. The molecule has 0 saturated carbocycles. The summed E-state index contributed by atoms with van der Waals surface area (Å²) >= 11 is 0. The summed E-state index contributed by atoms with van der Waals surface area (Å²) in [6, 6.07) is 13.3. The predicted octanol–water partition coefficient (Wildman–Crippen LogP) is 3.66. The topological polar surface area (TPSA) is 67.4 Å². The van der Waals surface area contributed by atoms with Crippen molar-refractivity contribution in [2.24, 2.45) is 0 Å². The average Bonchev–Trinajstić information content (AvgIpc) is 2.61. The van der Waals surface area contributed by atoms with Crippen molar-refractivity contribution in [2.75, 3.05) is 11.9 Å². The lowest BCUT2D eigenvalue weighted by Crippen LogP contribution is -2.69. The van der Waals surface area contributed by atoms with Gasteiger partial charge >= 0.3 is 17.8 Å². The van der Waals surface area contributed by atoms with Gasteiger partial charge in [0.05, 0.1) is 6.61 Å². The van der Waals surface area contributed by atoms with Gasteiger partial charge in [-0.2, -0.15) is 13.2 Å². The van der Waals surface area contributed by atoms with E-state index in [-0.39, 0.29) is 17.9 Å². The van der Waals surface area contributed by atoms with Crippen molar-refractivity contribution in [3.8, 4) is 0 Å². The van der Waals surface area contributed by atoms with Crippen LogP contribution in [0.2, 0.25) is 0 Å². The third-order valence-corrected chi connectivity index (χ3v) is 3.69. The summed E-state index contributed by atoms with van der Waals surface area (Å²) in [6.45, 7) is 2.78. The van der Waals surface area contributed by atoms with Gasteiger partial charge in [-0.3, -0.25) is 4.79 Å². The molecular formula is C19H19F3N2O3. The summed E-state index contributed by atoms with van der Waals surface area (Å²) in [5.74, 6) is -2.72. The lowest BCUT2D eigenvalue weighted by atomic mass is 10.1. The van der Waals surface area contributed by atoms with Crippen molar-refractivity contribution in [2.45, 2.75) is 25.7 Å². The number of halogens is 3. The Morgan fingerprint density at radius 2 is 1.70 bits per heavy atom. The van der Waals surface area contributed by atoms with Gasteiger partial charge in [0.1, 0.15) is 0 Å². The molecular weight excluding hydrogens is 361 g/mol. The highest BCUT2D eigenvalue weighted by Crippen LogP contribution is 2.33. The molecule has 0 heterocycles. The monoisotopic (exact) mass is 380 g/mol. The van der Waals surface area contributed by atoms with E-state index < -0.39 is 23.7 Å². The van der Waals surface area contributed by atoms with Gasteiger partial charge < -0.3 is 15.4 Å². The van der Waals surface area contributed by atoms with E-state index in [4.69, 9.17) is 0 Å². The highest BCUT2D eigenvalue weighted by Gasteiger charge is 2.63. The molecule has 144 valence electrons. The molecule has 0 unspecified atom stereocenters. The Morgan fingerprint density at radius 1 is 1.04 bits per heavy atom. The van der Waals surface area contributed by atoms with Gasteiger partial charge in [0, 0.05) is 11.3 Å². The molecule has 1 amide bonds. The molecule has 2 aromatic carbocycles. The Balaban J connectivity index is 2.50. The Morgan fingerprint density at radius 3 is 2.26 bits per heavy atom. The van der Waals surface area contributed by atoms with Gasteiger partial charge in [-0.15, -0.1) is 0 Å². The number of rotatable bonds is 6.